The van der Waals surface area contributed by atoms with E-state index in [4.69, 9.17) is 16.3 Å². The molecule has 1 aliphatic carbocycles. The van der Waals surface area contributed by atoms with Crippen LogP contribution in [0.3, 0.4) is 0 Å². The molecular formula is C29H38ClN5O4. The minimum absolute atomic E-state index is 0.00846. The van der Waals surface area contributed by atoms with Gasteiger partial charge in [0.1, 0.15) is 17.7 Å². The Morgan fingerprint density at radius 3 is 2.44 bits per heavy atom. The number of amides is 2. The minimum Gasteiger partial charge on any atom is -0.444 e. The number of carbonyl (C=O) groups excluding carboxylic acids is 2. The van der Waals surface area contributed by atoms with Gasteiger partial charge in [-0.1, -0.05) is 30.7 Å². The summed E-state index contributed by atoms with van der Waals surface area (Å²) in [5.74, 6) is 0.537. The third-order valence-electron chi connectivity index (χ3n) is 7.98. The fourth-order valence-corrected chi connectivity index (χ4v) is 6.30. The second-order valence-electron chi connectivity index (χ2n) is 11.9. The van der Waals surface area contributed by atoms with Crippen molar-refractivity contribution in [3.8, 4) is 0 Å². The molecule has 210 valence electrons. The summed E-state index contributed by atoms with van der Waals surface area (Å²) in [4.78, 5) is 42.0. The number of fused-ring (bicyclic) bond motifs is 1. The van der Waals surface area contributed by atoms with Crippen LogP contribution in [-0.2, 0) is 9.53 Å². The molecule has 2 aromatic rings. The van der Waals surface area contributed by atoms with Gasteiger partial charge in [-0.3, -0.25) is 4.79 Å². The normalized spacial score (nSPS) is 24.1. The van der Waals surface area contributed by atoms with Crippen LogP contribution in [-0.4, -0.2) is 81.2 Å². The van der Waals surface area contributed by atoms with Crippen LogP contribution in [0.5, 0.6) is 0 Å². The Hall–Kier alpha value is -2.91. The smallest absolute Gasteiger partial charge is 0.410 e. The number of benzene rings is 1. The largest absolute Gasteiger partial charge is 0.444 e. The van der Waals surface area contributed by atoms with E-state index in [0.717, 1.165) is 35.5 Å². The number of rotatable bonds is 4. The lowest BCUT2D eigenvalue weighted by Crippen LogP contribution is -2.53. The summed E-state index contributed by atoms with van der Waals surface area (Å²) < 4.78 is 5.70. The molecule has 10 heteroatoms. The van der Waals surface area contributed by atoms with Crippen LogP contribution < -0.4 is 4.90 Å². The van der Waals surface area contributed by atoms with Crippen LogP contribution in [0, 0.1) is 0 Å². The lowest BCUT2D eigenvalue weighted by atomic mass is 9.88. The quantitative estimate of drug-likeness (QED) is 0.593. The zero-order valence-corrected chi connectivity index (χ0v) is 23.9. The van der Waals surface area contributed by atoms with Gasteiger partial charge in [0.25, 0.3) is 0 Å². The number of aliphatic hydroxyl groups excluding tert-OH is 1. The van der Waals surface area contributed by atoms with Gasteiger partial charge in [-0.05, 0) is 63.6 Å². The number of nitrogens with zero attached hydrogens (tertiary/aromatic N) is 5. The maximum atomic E-state index is 14.2. The van der Waals surface area contributed by atoms with Crippen molar-refractivity contribution in [2.75, 3.05) is 37.6 Å². The van der Waals surface area contributed by atoms with E-state index >= 15 is 0 Å². The van der Waals surface area contributed by atoms with Gasteiger partial charge in [0, 0.05) is 43.3 Å². The van der Waals surface area contributed by atoms with E-state index in [1.165, 1.54) is 6.33 Å². The van der Waals surface area contributed by atoms with Crippen LogP contribution in [0.25, 0.3) is 0 Å². The van der Waals surface area contributed by atoms with Gasteiger partial charge in [-0.2, -0.15) is 0 Å². The summed E-state index contributed by atoms with van der Waals surface area (Å²) in [5, 5.41) is 11.0. The first-order chi connectivity index (χ1) is 18.5. The first kappa shape index (κ1) is 27.6. The molecule has 1 unspecified atom stereocenters. The molecule has 9 nitrogen and oxygen atoms in total. The Balaban J connectivity index is 1.36. The van der Waals surface area contributed by atoms with Gasteiger partial charge in [-0.25, -0.2) is 14.8 Å². The average molecular weight is 556 g/mol. The third-order valence-corrected chi connectivity index (χ3v) is 8.23. The number of ether oxygens (including phenoxy) is 1. The molecule has 3 aliphatic rings. The molecule has 0 saturated carbocycles. The summed E-state index contributed by atoms with van der Waals surface area (Å²) >= 11 is 6.18. The zero-order chi connectivity index (χ0) is 27.9. The second-order valence-corrected chi connectivity index (χ2v) is 12.3. The van der Waals surface area contributed by atoms with Gasteiger partial charge >= 0.3 is 6.09 Å². The topological polar surface area (TPSA) is 99.1 Å². The van der Waals surface area contributed by atoms with Crippen molar-refractivity contribution in [1.82, 2.24) is 19.8 Å². The van der Waals surface area contributed by atoms with Crippen LogP contribution in [0.2, 0.25) is 5.02 Å². The highest BCUT2D eigenvalue weighted by atomic mass is 35.5. The number of hydrogen-bond acceptors (Lipinski definition) is 7. The number of likely N-dealkylation sites (tertiary alicyclic amines) is 1. The molecule has 5 rings (SSSR count). The van der Waals surface area contributed by atoms with E-state index in [1.807, 2.05) is 37.8 Å². The molecule has 3 heterocycles. The Kier molecular flexibility index (Phi) is 7.75. The predicted molar refractivity (Wildman–Crippen MR) is 149 cm³/mol. The summed E-state index contributed by atoms with van der Waals surface area (Å²) in [6.07, 6.45) is 2.78. The highest BCUT2D eigenvalue weighted by molar-refractivity contribution is 6.30. The molecule has 0 bridgehead atoms. The lowest BCUT2D eigenvalue weighted by Gasteiger charge is -2.40. The molecule has 0 radical (unpaired) electrons. The number of carbonyl (C=O) groups is 2. The van der Waals surface area contributed by atoms with Crippen molar-refractivity contribution in [3.05, 3.63) is 52.4 Å². The first-order valence-electron chi connectivity index (χ1n) is 13.8. The molecule has 4 atom stereocenters. The Labute approximate surface area is 235 Å². The number of halogens is 1. The highest BCUT2D eigenvalue weighted by Gasteiger charge is 2.43. The van der Waals surface area contributed by atoms with Crippen molar-refractivity contribution in [2.24, 2.45) is 0 Å². The van der Waals surface area contributed by atoms with Gasteiger partial charge in [-0.15, -0.1) is 0 Å². The van der Waals surface area contributed by atoms with E-state index < -0.39 is 17.6 Å². The van der Waals surface area contributed by atoms with E-state index in [9.17, 15) is 14.7 Å². The molecule has 2 aliphatic heterocycles. The Bertz CT molecular complexity index is 1210. The molecule has 2 amide bonds. The van der Waals surface area contributed by atoms with Crippen molar-refractivity contribution in [2.45, 2.75) is 76.5 Å². The monoisotopic (exact) mass is 555 g/mol. The molecule has 0 spiro atoms. The SMILES string of the molecule is C[C@@H]1C[C@@H](O)c2ncnc(N3CCN(C(=O)[C@@H](c4ccc(Cl)cc4)C4CCCN4C(=O)OC(C)(C)C)CC3)c21. The fraction of sp³-hybridized carbons (Fsp3) is 0.586. The van der Waals surface area contributed by atoms with Gasteiger partial charge in [0.15, 0.2) is 0 Å². The van der Waals surface area contributed by atoms with E-state index in [0.29, 0.717) is 44.2 Å². The molecule has 1 aromatic heterocycles. The summed E-state index contributed by atoms with van der Waals surface area (Å²) in [7, 11) is 0. The average Bonchev–Trinajstić information content (AvgIpc) is 3.49. The number of hydrogen-bond donors (Lipinski definition) is 1. The molecule has 2 fully saturated rings. The predicted octanol–water partition coefficient (Wildman–Crippen LogP) is 4.50. The summed E-state index contributed by atoms with van der Waals surface area (Å²) in [6, 6.07) is 7.09. The first-order valence-corrected chi connectivity index (χ1v) is 14.2. The fourth-order valence-electron chi connectivity index (χ4n) is 6.18. The number of piperazine rings is 1. The van der Waals surface area contributed by atoms with Gasteiger partial charge < -0.3 is 24.5 Å². The van der Waals surface area contributed by atoms with Crippen LogP contribution in [0.1, 0.15) is 81.7 Å². The van der Waals surface area contributed by atoms with Crippen LogP contribution >= 0.6 is 11.6 Å². The molecule has 2 saturated heterocycles. The van der Waals surface area contributed by atoms with Gasteiger partial charge in [0.05, 0.1) is 23.8 Å². The van der Waals surface area contributed by atoms with Crippen LogP contribution in [0.15, 0.2) is 30.6 Å². The van der Waals surface area contributed by atoms with E-state index in [2.05, 4.69) is 21.8 Å². The van der Waals surface area contributed by atoms with Crippen molar-refractivity contribution < 1.29 is 19.4 Å². The van der Waals surface area contributed by atoms with Crippen molar-refractivity contribution >= 4 is 29.4 Å². The Morgan fingerprint density at radius 1 is 1.08 bits per heavy atom. The molecule has 1 N–H and O–H groups in total. The third kappa shape index (κ3) is 5.70. The number of anilines is 1. The van der Waals surface area contributed by atoms with E-state index in [-0.39, 0.29) is 24.0 Å². The number of aromatic nitrogens is 2. The Morgan fingerprint density at radius 2 is 1.77 bits per heavy atom. The summed E-state index contributed by atoms with van der Waals surface area (Å²) in [5.41, 5.74) is 1.97. The zero-order valence-electron chi connectivity index (χ0n) is 23.1. The second kappa shape index (κ2) is 10.9. The van der Waals surface area contributed by atoms with Crippen molar-refractivity contribution in [3.63, 3.8) is 0 Å². The molecule has 39 heavy (non-hydrogen) atoms. The lowest BCUT2D eigenvalue weighted by molar-refractivity contribution is -0.134. The number of aliphatic hydroxyl groups is 1. The molecular weight excluding hydrogens is 518 g/mol. The maximum absolute atomic E-state index is 14.2. The van der Waals surface area contributed by atoms with Crippen LogP contribution in [0.4, 0.5) is 10.6 Å². The summed E-state index contributed by atoms with van der Waals surface area (Å²) in [6.45, 7) is 10.6. The minimum atomic E-state index is -0.616. The molecule has 1 aromatic carbocycles. The highest BCUT2D eigenvalue weighted by Crippen LogP contribution is 2.43. The standard InChI is InChI=1S/C29H38ClN5O4/c1-18-16-22(36)25-23(18)26(32-17-31-25)33-12-14-34(15-13-33)27(37)24(19-7-9-20(30)10-8-19)21-6-5-11-35(21)28(38)39-29(2,3)4/h7-10,17-18,21-22,24,36H,5-6,11-16H2,1-4H3/t18-,21?,22-,24+/m1/s1. The maximum Gasteiger partial charge on any atom is 0.410 e. The van der Waals surface area contributed by atoms with Crippen molar-refractivity contribution in [1.29, 1.82) is 0 Å². The van der Waals surface area contributed by atoms with Gasteiger partial charge in [0.2, 0.25) is 5.91 Å². The van der Waals surface area contributed by atoms with E-state index in [1.54, 1.807) is 17.0 Å².